The van der Waals surface area contributed by atoms with Crippen molar-refractivity contribution in [3.8, 4) is 5.75 Å². The van der Waals surface area contributed by atoms with Crippen LogP contribution in [0.4, 0.5) is 0 Å². The minimum atomic E-state index is -3.36. The lowest BCUT2D eigenvalue weighted by Gasteiger charge is -2.19. The van der Waals surface area contributed by atoms with Crippen molar-refractivity contribution >= 4 is 10.1 Å². The van der Waals surface area contributed by atoms with Gasteiger partial charge in [0.15, 0.2) is 0 Å². The average Bonchev–Trinajstić information content (AvgIpc) is 2.75. The molecule has 0 spiro atoms. The van der Waals surface area contributed by atoms with Gasteiger partial charge in [0.1, 0.15) is 12.4 Å². The van der Waals surface area contributed by atoms with Crippen LogP contribution in [0, 0.1) is 5.92 Å². The zero-order chi connectivity index (χ0) is 14.6. The Balaban J connectivity index is 1.79. The second-order valence-corrected chi connectivity index (χ2v) is 6.83. The van der Waals surface area contributed by atoms with E-state index in [0.29, 0.717) is 6.61 Å². The molecule has 2 rings (SSSR count). The van der Waals surface area contributed by atoms with Gasteiger partial charge >= 0.3 is 0 Å². The van der Waals surface area contributed by atoms with E-state index in [1.807, 2.05) is 19.2 Å². The molecule has 1 aliphatic heterocycles. The zero-order valence-electron chi connectivity index (χ0n) is 11.7. The molecule has 0 N–H and O–H groups in total. The first kappa shape index (κ1) is 15.2. The standard InChI is InChI=1S/C13H20N2O4S/c1-15-8-11(9-19-20(2,16)17)6-12(15)10-18-13-4-3-5-14-7-13/h3-5,7,11-12H,6,8-10H2,1-2H3/t11-,12?/m0/s1. The van der Waals surface area contributed by atoms with Crippen LogP contribution >= 0.6 is 0 Å². The Morgan fingerprint density at radius 1 is 1.45 bits per heavy atom. The van der Waals surface area contributed by atoms with Crippen molar-refractivity contribution in [1.82, 2.24) is 9.88 Å². The summed E-state index contributed by atoms with van der Waals surface area (Å²) in [6.07, 6.45) is 5.33. The van der Waals surface area contributed by atoms with Gasteiger partial charge in [0, 0.05) is 18.8 Å². The number of ether oxygens (including phenoxy) is 1. The van der Waals surface area contributed by atoms with E-state index in [2.05, 4.69) is 9.88 Å². The quantitative estimate of drug-likeness (QED) is 0.722. The summed E-state index contributed by atoms with van der Waals surface area (Å²) in [6, 6.07) is 3.96. The highest BCUT2D eigenvalue weighted by Crippen LogP contribution is 2.23. The molecule has 1 saturated heterocycles. The third kappa shape index (κ3) is 4.73. The van der Waals surface area contributed by atoms with Gasteiger partial charge in [-0.15, -0.1) is 0 Å². The molecule has 0 aromatic carbocycles. The Bertz CT molecular complexity index is 520. The number of hydrogen-bond donors (Lipinski definition) is 0. The fourth-order valence-corrected chi connectivity index (χ4v) is 2.80. The van der Waals surface area contributed by atoms with Crippen LogP contribution in [0.3, 0.4) is 0 Å². The van der Waals surface area contributed by atoms with Crippen molar-refractivity contribution < 1.29 is 17.3 Å². The SMILES string of the molecule is CN1C[C@@H](COS(C)(=O)=O)CC1COc1cccnc1. The van der Waals surface area contributed by atoms with Gasteiger partial charge in [-0.2, -0.15) is 8.42 Å². The predicted molar refractivity (Wildman–Crippen MR) is 75.1 cm³/mol. The van der Waals surface area contributed by atoms with E-state index in [1.54, 1.807) is 12.4 Å². The van der Waals surface area contributed by atoms with E-state index in [9.17, 15) is 8.42 Å². The highest BCUT2D eigenvalue weighted by molar-refractivity contribution is 7.85. The lowest BCUT2D eigenvalue weighted by molar-refractivity contribution is 0.197. The molecule has 1 unspecified atom stereocenters. The van der Waals surface area contributed by atoms with Crippen LogP contribution in [-0.4, -0.2) is 57.4 Å². The van der Waals surface area contributed by atoms with Crippen LogP contribution in [0.25, 0.3) is 0 Å². The van der Waals surface area contributed by atoms with Crippen molar-refractivity contribution in [3.63, 3.8) is 0 Å². The molecular formula is C13H20N2O4S. The molecule has 2 atom stereocenters. The fourth-order valence-electron chi connectivity index (χ4n) is 2.36. The summed E-state index contributed by atoms with van der Waals surface area (Å²) in [5, 5.41) is 0. The third-order valence-electron chi connectivity index (χ3n) is 3.37. The van der Waals surface area contributed by atoms with Gasteiger partial charge in [-0.05, 0) is 31.5 Å². The monoisotopic (exact) mass is 300 g/mol. The number of rotatable bonds is 6. The van der Waals surface area contributed by atoms with E-state index in [-0.39, 0.29) is 18.6 Å². The van der Waals surface area contributed by atoms with E-state index in [1.165, 1.54) is 0 Å². The summed E-state index contributed by atoms with van der Waals surface area (Å²) in [4.78, 5) is 6.17. The van der Waals surface area contributed by atoms with Crippen LogP contribution in [0.2, 0.25) is 0 Å². The lowest BCUT2D eigenvalue weighted by Crippen LogP contribution is -2.30. The van der Waals surface area contributed by atoms with Crippen molar-refractivity contribution in [1.29, 1.82) is 0 Å². The molecule has 0 aliphatic carbocycles. The molecule has 0 saturated carbocycles. The van der Waals surface area contributed by atoms with Crippen LogP contribution in [0.5, 0.6) is 5.75 Å². The van der Waals surface area contributed by atoms with Gasteiger partial charge in [0.2, 0.25) is 0 Å². The number of aromatic nitrogens is 1. The van der Waals surface area contributed by atoms with E-state index < -0.39 is 10.1 Å². The molecule has 112 valence electrons. The first-order valence-corrected chi connectivity index (χ1v) is 8.33. The first-order chi connectivity index (χ1) is 9.44. The van der Waals surface area contributed by atoms with Gasteiger partial charge < -0.3 is 4.74 Å². The Labute approximate surface area is 119 Å². The van der Waals surface area contributed by atoms with Crippen LogP contribution in [0.1, 0.15) is 6.42 Å². The molecule has 1 aromatic rings. The smallest absolute Gasteiger partial charge is 0.264 e. The van der Waals surface area contributed by atoms with Crippen molar-refractivity contribution in [2.24, 2.45) is 5.92 Å². The fraction of sp³-hybridized carbons (Fsp3) is 0.615. The normalized spacial score (nSPS) is 23.9. The first-order valence-electron chi connectivity index (χ1n) is 6.51. The summed E-state index contributed by atoms with van der Waals surface area (Å²) in [7, 11) is -1.35. The second kappa shape index (κ2) is 6.51. The molecule has 20 heavy (non-hydrogen) atoms. The lowest BCUT2D eigenvalue weighted by atomic mass is 10.1. The summed E-state index contributed by atoms with van der Waals surface area (Å²) >= 11 is 0. The largest absolute Gasteiger partial charge is 0.490 e. The average molecular weight is 300 g/mol. The molecular weight excluding hydrogens is 280 g/mol. The van der Waals surface area contributed by atoms with Gasteiger partial charge in [-0.1, -0.05) is 0 Å². The van der Waals surface area contributed by atoms with Gasteiger partial charge in [-0.25, -0.2) is 0 Å². The Morgan fingerprint density at radius 2 is 2.25 bits per heavy atom. The maximum absolute atomic E-state index is 11.0. The number of nitrogens with zero attached hydrogens (tertiary/aromatic N) is 2. The maximum atomic E-state index is 11.0. The highest BCUT2D eigenvalue weighted by atomic mass is 32.2. The molecule has 1 aromatic heterocycles. The number of hydrogen-bond acceptors (Lipinski definition) is 6. The number of likely N-dealkylation sites (tertiary alicyclic amines) is 1. The van der Waals surface area contributed by atoms with E-state index >= 15 is 0 Å². The molecule has 0 amide bonds. The Morgan fingerprint density at radius 3 is 2.90 bits per heavy atom. The second-order valence-electron chi connectivity index (χ2n) is 5.18. The van der Waals surface area contributed by atoms with Crippen LogP contribution < -0.4 is 4.74 Å². The summed E-state index contributed by atoms with van der Waals surface area (Å²) in [5.41, 5.74) is 0. The number of pyridine rings is 1. The molecule has 1 fully saturated rings. The minimum absolute atomic E-state index is 0.220. The van der Waals surface area contributed by atoms with Crippen molar-refractivity contribution in [2.45, 2.75) is 12.5 Å². The Hall–Kier alpha value is -1.18. The van der Waals surface area contributed by atoms with Gasteiger partial charge in [-0.3, -0.25) is 14.1 Å². The summed E-state index contributed by atoms with van der Waals surface area (Å²) < 4.78 is 32.5. The van der Waals surface area contributed by atoms with Gasteiger partial charge in [0.25, 0.3) is 10.1 Å². The molecule has 7 heteroatoms. The van der Waals surface area contributed by atoms with Gasteiger partial charge in [0.05, 0.1) is 19.1 Å². The zero-order valence-corrected chi connectivity index (χ0v) is 12.5. The van der Waals surface area contributed by atoms with E-state index in [4.69, 9.17) is 8.92 Å². The predicted octanol–water partition coefficient (Wildman–Crippen LogP) is 0.757. The number of likely N-dealkylation sites (N-methyl/N-ethyl adjacent to an activating group) is 1. The highest BCUT2D eigenvalue weighted by Gasteiger charge is 2.30. The molecule has 0 radical (unpaired) electrons. The maximum Gasteiger partial charge on any atom is 0.264 e. The van der Waals surface area contributed by atoms with Crippen LogP contribution in [0.15, 0.2) is 24.5 Å². The van der Waals surface area contributed by atoms with Crippen molar-refractivity contribution in [3.05, 3.63) is 24.5 Å². The minimum Gasteiger partial charge on any atom is -0.490 e. The Kier molecular flexibility index (Phi) is 4.95. The summed E-state index contributed by atoms with van der Waals surface area (Å²) in [5.74, 6) is 0.967. The van der Waals surface area contributed by atoms with E-state index in [0.717, 1.165) is 25.0 Å². The van der Waals surface area contributed by atoms with Crippen LogP contribution in [-0.2, 0) is 14.3 Å². The van der Waals surface area contributed by atoms with Crippen molar-refractivity contribution in [2.75, 3.05) is 33.1 Å². The molecule has 0 bridgehead atoms. The third-order valence-corrected chi connectivity index (χ3v) is 3.93. The molecule has 1 aliphatic rings. The summed E-state index contributed by atoms with van der Waals surface area (Å²) in [6.45, 7) is 1.63. The molecule has 2 heterocycles. The topological polar surface area (TPSA) is 68.7 Å². The molecule has 6 nitrogen and oxygen atoms in total.